The molecule has 1 aromatic carbocycles. The first-order valence-electron chi connectivity index (χ1n) is 11.5. The van der Waals surface area contributed by atoms with E-state index in [1.54, 1.807) is 37.2 Å². The van der Waals surface area contributed by atoms with Crippen LogP contribution in [0.2, 0.25) is 15.1 Å². The van der Waals surface area contributed by atoms with Crippen molar-refractivity contribution in [2.45, 2.75) is 6.54 Å². The Morgan fingerprint density at radius 1 is 1.03 bits per heavy atom. The van der Waals surface area contributed by atoms with Crippen molar-refractivity contribution in [2.75, 3.05) is 62.9 Å². The average molecular weight is 582 g/mol. The summed E-state index contributed by atoms with van der Waals surface area (Å²) >= 11 is 20.2. The Morgan fingerprint density at radius 3 is 2.41 bits per heavy atom. The highest BCUT2D eigenvalue weighted by atomic mass is 35.5. The third-order valence-electron chi connectivity index (χ3n) is 6.01. The molecule has 1 aliphatic heterocycles. The van der Waals surface area contributed by atoms with E-state index in [-0.39, 0.29) is 5.56 Å². The molecule has 0 radical (unpaired) electrons. The number of anilines is 3. The summed E-state index contributed by atoms with van der Waals surface area (Å²) in [7, 11) is 5.71. The maximum absolute atomic E-state index is 13.4. The number of rotatable bonds is 7. The number of benzene rings is 1. The van der Waals surface area contributed by atoms with Gasteiger partial charge in [-0.3, -0.25) is 14.5 Å². The van der Waals surface area contributed by atoms with Gasteiger partial charge in [-0.15, -0.1) is 11.3 Å². The number of carbonyl (C=O) groups excluding carboxylic acids is 2. The standard InChI is InChI=1S/C25H27Cl3N6O2S/c1-32(2)19-11-17(27)10-18(24(35)30-20-5-4-16(26)12-29-20)22(19)31-25(36)23-21(28)15(14-37-23)13-34-8-6-33(3)7-9-34/h4-5,10-12,14H,6-9,13H2,1-3H3,(H,31,36)(H,29,30,35). The molecule has 0 atom stereocenters. The predicted octanol–water partition coefficient (Wildman–Crippen LogP) is 5.42. The Hall–Kier alpha value is -2.40. The van der Waals surface area contributed by atoms with Gasteiger partial charge >= 0.3 is 0 Å². The maximum atomic E-state index is 13.4. The molecule has 1 saturated heterocycles. The van der Waals surface area contributed by atoms with Crippen LogP contribution in [0.5, 0.6) is 0 Å². The number of thiophene rings is 1. The van der Waals surface area contributed by atoms with Crippen molar-refractivity contribution < 1.29 is 9.59 Å². The van der Waals surface area contributed by atoms with Gasteiger partial charge in [0.15, 0.2) is 0 Å². The largest absolute Gasteiger partial charge is 0.376 e. The summed E-state index contributed by atoms with van der Waals surface area (Å²) in [6, 6.07) is 6.39. The first-order valence-corrected chi connectivity index (χ1v) is 13.6. The Morgan fingerprint density at radius 2 is 1.76 bits per heavy atom. The van der Waals surface area contributed by atoms with Crippen LogP contribution >= 0.6 is 46.1 Å². The van der Waals surface area contributed by atoms with Crippen LogP contribution in [0.25, 0.3) is 0 Å². The minimum Gasteiger partial charge on any atom is -0.376 e. The number of amides is 2. The van der Waals surface area contributed by atoms with Gasteiger partial charge in [-0.2, -0.15) is 0 Å². The predicted molar refractivity (Wildman–Crippen MR) is 153 cm³/mol. The molecular weight excluding hydrogens is 555 g/mol. The molecular formula is C25H27Cl3N6O2S. The number of piperazine rings is 1. The zero-order valence-corrected chi connectivity index (χ0v) is 23.7. The molecule has 2 amide bonds. The van der Waals surface area contributed by atoms with Gasteiger partial charge < -0.3 is 20.4 Å². The summed E-state index contributed by atoms with van der Waals surface area (Å²) in [5, 5.41) is 8.78. The topological polar surface area (TPSA) is 80.8 Å². The summed E-state index contributed by atoms with van der Waals surface area (Å²) in [5.74, 6) is -0.569. The number of likely N-dealkylation sites (N-methyl/N-ethyl adjacent to an activating group) is 1. The monoisotopic (exact) mass is 580 g/mol. The minimum atomic E-state index is -0.483. The maximum Gasteiger partial charge on any atom is 0.267 e. The van der Waals surface area contributed by atoms with Gasteiger partial charge in [0.1, 0.15) is 10.7 Å². The van der Waals surface area contributed by atoms with E-state index in [1.165, 1.54) is 23.6 Å². The first kappa shape index (κ1) is 27.6. The summed E-state index contributed by atoms with van der Waals surface area (Å²) in [6.07, 6.45) is 1.43. The number of aromatic nitrogens is 1. The molecule has 1 fully saturated rings. The highest BCUT2D eigenvalue weighted by Crippen LogP contribution is 2.35. The van der Waals surface area contributed by atoms with Crippen molar-refractivity contribution in [1.82, 2.24) is 14.8 Å². The molecule has 4 rings (SSSR count). The van der Waals surface area contributed by atoms with Crippen LogP contribution < -0.4 is 15.5 Å². The normalized spacial score (nSPS) is 14.4. The number of hydrogen-bond acceptors (Lipinski definition) is 7. The molecule has 0 spiro atoms. The smallest absolute Gasteiger partial charge is 0.267 e. The Bertz CT molecular complexity index is 1290. The Kier molecular flexibility index (Phi) is 8.94. The van der Waals surface area contributed by atoms with Crippen molar-refractivity contribution in [1.29, 1.82) is 0 Å². The molecule has 196 valence electrons. The van der Waals surface area contributed by atoms with E-state index in [4.69, 9.17) is 34.8 Å². The van der Waals surface area contributed by atoms with Crippen LogP contribution in [0, 0.1) is 0 Å². The van der Waals surface area contributed by atoms with Crippen LogP contribution in [-0.2, 0) is 6.54 Å². The zero-order valence-electron chi connectivity index (χ0n) is 20.6. The Labute approximate surface area is 235 Å². The van der Waals surface area contributed by atoms with E-state index in [0.29, 0.717) is 43.7 Å². The van der Waals surface area contributed by atoms with Gasteiger partial charge in [0.2, 0.25) is 0 Å². The fourth-order valence-electron chi connectivity index (χ4n) is 3.95. The van der Waals surface area contributed by atoms with Crippen LogP contribution in [0.3, 0.4) is 0 Å². The van der Waals surface area contributed by atoms with Gasteiger partial charge in [0.25, 0.3) is 11.8 Å². The quantitative estimate of drug-likeness (QED) is 0.388. The minimum absolute atomic E-state index is 0.187. The number of nitrogens with one attached hydrogen (secondary N) is 2. The molecule has 3 heterocycles. The molecule has 2 aromatic heterocycles. The van der Waals surface area contributed by atoms with Crippen molar-refractivity contribution in [3.05, 3.63) is 66.9 Å². The highest BCUT2D eigenvalue weighted by molar-refractivity contribution is 7.13. The summed E-state index contributed by atoms with van der Waals surface area (Å²) < 4.78 is 0. The fourth-order valence-corrected chi connectivity index (χ4v) is 5.51. The first-order chi connectivity index (χ1) is 17.6. The van der Waals surface area contributed by atoms with Crippen LogP contribution in [0.15, 0.2) is 35.8 Å². The zero-order chi connectivity index (χ0) is 26.7. The number of carbonyl (C=O) groups is 2. The summed E-state index contributed by atoms with van der Waals surface area (Å²) in [5.41, 5.74) is 1.99. The highest BCUT2D eigenvalue weighted by Gasteiger charge is 2.24. The van der Waals surface area contributed by atoms with E-state index in [9.17, 15) is 9.59 Å². The molecule has 0 bridgehead atoms. The second kappa shape index (κ2) is 12.0. The lowest BCUT2D eigenvalue weighted by atomic mass is 10.1. The van der Waals surface area contributed by atoms with E-state index >= 15 is 0 Å². The number of hydrogen-bond donors (Lipinski definition) is 2. The van der Waals surface area contributed by atoms with Crippen LogP contribution in [0.4, 0.5) is 17.2 Å². The van der Waals surface area contributed by atoms with Gasteiger partial charge in [-0.05, 0) is 42.3 Å². The van der Waals surface area contributed by atoms with E-state index in [0.717, 1.165) is 31.7 Å². The van der Waals surface area contributed by atoms with E-state index < -0.39 is 11.8 Å². The van der Waals surface area contributed by atoms with Crippen LogP contribution in [0.1, 0.15) is 25.6 Å². The molecule has 0 aliphatic carbocycles. The Balaban J connectivity index is 1.59. The molecule has 3 aromatic rings. The summed E-state index contributed by atoms with van der Waals surface area (Å²) in [6.45, 7) is 4.57. The van der Waals surface area contributed by atoms with Crippen molar-refractivity contribution in [3.8, 4) is 0 Å². The van der Waals surface area contributed by atoms with Gasteiger partial charge in [0, 0.05) is 58.0 Å². The van der Waals surface area contributed by atoms with Crippen molar-refractivity contribution >= 4 is 75.1 Å². The molecule has 8 nitrogen and oxygen atoms in total. The fraction of sp³-hybridized carbons (Fsp3) is 0.320. The van der Waals surface area contributed by atoms with E-state index in [1.807, 2.05) is 5.38 Å². The second-order valence-electron chi connectivity index (χ2n) is 9.00. The van der Waals surface area contributed by atoms with Crippen molar-refractivity contribution in [3.63, 3.8) is 0 Å². The summed E-state index contributed by atoms with van der Waals surface area (Å²) in [4.78, 5) is 37.5. The lowest BCUT2D eigenvalue weighted by Crippen LogP contribution is -2.43. The van der Waals surface area contributed by atoms with Crippen LogP contribution in [-0.4, -0.2) is 73.9 Å². The second-order valence-corrected chi connectivity index (χ2v) is 11.1. The molecule has 0 unspecified atom stereocenters. The lowest BCUT2D eigenvalue weighted by molar-refractivity contribution is 0.102. The van der Waals surface area contributed by atoms with Crippen molar-refractivity contribution in [2.24, 2.45) is 0 Å². The van der Waals surface area contributed by atoms with Gasteiger partial charge in [0.05, 0.1) is 27.0 Å². The molecule has 12 heteroatoms. The number of halogens is 3. The third kappa shape index (κ3) is 6.73. The average Bonchev–Trinajstić information content (AvgIpc) is 3.22. The van der Waals surface area contributed by atoms with Gasteiger partial charge in [-0.1, -0.05) is 34.8 Å². The molecule has 1 aliphatic rings. The third-order valence-corrected chi connectivity index (χ3v) is 8.03. The molecule has 0 saturated carbocycles. The lowest BCUT2D eigenvalue weighted by Gasteiger charge is -2.32. The SMILES string of the molecule is CN1CCN(Cc2csc(C(=O)Nc3c(C(=O)Nc4ccc(Cl)cn4)cc(Cl)cc3N(C)C)c2Cl)CC1. The van der Waals surface area contributed by atoms with Gasteiger partial charge in [-0.25, -0.2) is 4.98 Å². The van der Waals surface area contributed by atoms with E-state index in [2.05, 4.69) is 32.5 Å². The number of nitrogens with zero attached hydrogens (tertiary/aromatic N) is 4. The molecule has 2 N–H and O–H groups in total. The number of pyridine rings is 1. The molecule has 37 heavy (non-hydrogen) atoms.